The van der Waals surface area contributed by atoms with Crippen molar-refractivity contribution in [2.75, 3.05) is 43.5 Å². The number of primary amides is 1. The first-order valence-corrected chi connectivity index (χ1v) is 11.1. The van der Waals surface area contributed by atoms with E-state index in [0.717, 1.165) is 27.8 Å². The Kier molecular flexibility index (Phi) is 7.30. The molecule has 1 atom stereocenters. The number of benzene rings is 1. The monoisotopic (exact) mass is 500 g/mol. The first-order chi connectivity index (χ1) is 15.6. The SMILES string of the molecule is NC(=O)CN1CCOCC1c1cccc(Nc2ncc(Br)c(NCCc3cnc[nH]3)n2)c1. The van der Waals surface area contributed by atoms with Crippen LogP contribution in [0, 0.1) is 0 Å². The number of aromatic nitrogens is 4. The highest BCUT2D eigenvalue weighted by atomic mass is 79.9. The van der Waals surface area contributed by atoms with E-state index in [2.05, 4.69) is 46.5 Å². The third kappa shape index (κ3) is 5.81. The van der Waals surface area contributed by atoms with E-state index in [4.69, 9.17) is 10.5 Å². The lowest BCUT2D eigenvalue weighted by atomic mass is 10.0. The lowest BCUT2D eigenvalue weighted by Gasteiger charge is -2.35. The number of hydrogen-bond acceptors (Lipinski definition) is 8. The predicted molar refractivity (Wildman–Crippen MR) is 125 cm³/mol. The fraction of sp³-hybridized carbons (Fsp3) is 0.333. The zero-order valence-electron chi connectivity index (χ0n) is 17.4. The van der Waals surface area contributed by atoms with Crippen molar-refractivity contribution in [1.29, 1.82) is 0 Å². The standard InChI is InChI=1S/C21H25BrN8O2/c22-17-10-26-21(29-20(17)25-5-4-16-9-24-13-27-16)28-15-3-1-2-14(8-15)18-12-32-7-6-30(18)11-19(23)31/h1-3,8-10,13,18H,4-7,11-12H2,(H2,23,31)(H,24,27)(H2,25,26,28,29). The molecule has 1 aliphatic rings. The summed E-state index contributed by atoms with van der Waals surface area (Å²) in [6.45, 7) is 2.66. The number of amides is 1. The van der Waals surface area contributed by atoms with Crippen LogP contribution in [0.3, 0.4) is 0 Å². The zero-order valence-corrected chi connectivity index (χ0v) is 19.0. The molecule has 1 aliphatic heterocycles. The average Bonchev–Trinajstić information content (AvgIpc) is 3.30. The maximum atomic E-state index is 11.4. The Morgan fingerprint density at radius 1 is 1.38 bits per heavy atom. The number of imidazole rings is 1. The van der Waals surface area contributed by atoms with Gasteiger partial charge in [0.2, 0.25) is 11.9 Å². The summed E-state index contributed by atoms with van der Waals surface area (Å²) in [5.41, 5.74) is 8.35. The minimum atomic E-state index is -0.345. The van der Waals surface area contributed by atoms with Crippen molar-refractivity contribution in [2.45, 2.75) is 12.5 Å². The van der Waals surface area contributed by atoms with Gasteiger partial charge in [-0.05, 0) is 33.6 Å². The fourth-order valence-corrected chi connectivity index (χ4v) is 3.91. The Balaban J connectivity index is 1.44. The van der Waals surface area contributed by atoms with E-state index < -0.39 is 0 Å². The number of morpholine rings is 1. The Bertz CT molecular complexity index is 1050. The van der Waals surface area contributed by atoms with Crippen LogP contribution in [0.4, 0.5) is 17.5 Å². The van der Waals surface area contributed by atoms with Crippen LogP contribution in [0.1, 0.15) is 17.3 Å². The predicted octanol–water partition coefficient (Wildman–Crippen LogP) is 2.22. The summed E-state index contributed by atoms with van der Waals surface area (Å²) in [6.07, 6.45) is 5.98. The summed E-state index contributed by atoms with van der Waals surface area (Å²) in [5.74, 6) is 0.830. The van der Waals surface area contributed by atoms with Gasteiger partial charge in [0.05, 0.1) is 36.6 Å². The smallest absolute Gasteiger partial charge is 0.231 e. The summed E-state index contributed by atoms with van der Waals surface area (Å²) in [7, 11) is 0. The number of ether oxygens (including phenoxy) is 1. The van der Waals surface area contributed by atoms with Gasteiger partial charge >= 0.3 is 0 Å². The highest BCUT2D eigenvalue weighted by molar-refractivity contribution is 9.10. The molecule has 1 saturated heterocycles. The number of aromatic amines is 1. The van der Waals surface area contributed by atoms with E-state index >= 15 is 0 Å². The molecule has 3 aromatic rings. The van der Waals surface area contributed by atoms with Gasteiger partial charge in [-0.1, -0.05) is 12.1 Å². The highest BCUT2D eigenvalue weighted by Crippen LogP contribution is 2.27. The number of rotatable bonds is 9. The van der Waals surface area contributed by atoms with Gasteiger partial charge in [-0.15, -0.1) is 0 Å². The van der Waals surface area contributed by atoms with E-state index in [1.54, 1.807) is 18.7 Å². The number of nitrogens with two attached hydrogens (primary N) is 1. The second kappa shape index (κ2) is 10.5. The van der Waals surface area contributed by atoms with Crippen LogP contribution < -0.4 is 16.4 Å². The van der Waals surface area contributed by atoms with E-state index in [1.807, 2.05) is 29.2 Å². The largest absolute Gasteiger partial charge is 0.378 e. The van der Waals surface area contributed by atoms with Gasteiger partial charge in [-0.3, -0.25) is 9.69 Å². The van der Waals surface area contributed by atoms with Gasteiger partial charge in [-0.25, -0.2) is 9.97 Å². The molecular weight excluding hydrogens is 476 g/mol. The molecule has 0 aliphatic carbocycles. The van der Waals surface area contributed by atoms with Gasteiger partial charge in [0.25, 0.3) is 0 Å². The van der Waals surface area contributed by atoms with Gasteiger partial charge < -0.3 is 26.1 Å². The first kappa shape index (κ1) is 22.2. The van der Waals surface area contributed by atoms with Crippen molar-refractivity contribution >= 4 is 39.3 Å². The molecule has 0 radical (unpaired) electrons. The molecule has 1 unspecified atom stereocenters. The number of nitrogens with one attached hydrogen (secondary N) is 3. The average molecular weight is 501 g/mol. The molecule has 5 N–H and O–H groups in total. The molecule has 168 valence electrons. The van der Waals surface area contributed by atoms with Gasteiger partial charge in [0.1, 0.15) is 5.82 Å². The number of anilines is 3. The lowest BCUT2D eigenvalue weighted by molar-refractivity contribution is -0.121. The Morgan fingerprint density at radius 3 is 3.09 bits per heavy atom. The maximum Gasteiger partial charge on any atom is 0.231 e. The third-order valence-corrected chi connectivity index (χ3v) is 5.69. The summed E-state index contributed by atoms with van der Waals surface area (Å²) >= 11 is 3.49. The third-order valence-electron chi connectivity index (χ3n) is 5.11. The molecule has 10 nitrogen and oxygen atoms in total. The van der Waals surface area contributed by atoms with Gasteiger partial charge in [0, 0.05) is 43.3 Å². The van der Waals surface area contributed by atoms with E-state index in [0.29, 0.717) is 38.1 Å². The lowest BCUT2D eigenvalue weighted by Crippen LogP contribution is -2.43. The van der Waals surface area contributed by atoms with E-state index in [-0.39, 0.29) is 18.5 Å². The van der Waals surface area contributed by atoms with Gasteiger partial charge in [-0.2, -0.15) is 4.98 Å². The van der Waals surface area contributed by atoms with Gasteiger partial charge in [0.15, 0.2) is 0 Å². The van der Waals surface area contributed by atoms with Crippen molar-refractivity contribution in [3.8, 4) is 0 Å². The van der Waals surface area contributed by atoms with E-state index in [1.165, 1.54) is 0 Å². The molecule has 32 heavy (non-hydrogen) atoms. The summed E-state index contributed by atoms with van der Waals surface area (Å²) in [5, 5.41) is 6.57. The number of H-pyrrole nitrogens is 1. The summed E-state index contributed by atoms with van der Waals surface area (Å²) in [4.78, 5) is 29.5. The summed E-state index contributed by atoms with van der Waals surface area (Å²) in [6, 6.07) is 7.90. The number of hydrogen-bond donors (Lipinski definition) is 4. The minimum Gasteiger partial charge on any atom is -0.378 e. The molecular formula is C21H25BrN8O2. The fourth-order valence-electron chi connectivity index (χ4n) is 3.58. The quantitative estimate of drug-likeness (QED) is 0.351. The first-order valence-electron chi connectivity index (χ1n) is 10.3. The molecule has 1 aromatic carbocycles. The molecule has 11 heteroatoms. The van der Waals surface area contributed by atoms with Crippen LogP contribution in [0.2, 0.25) is 0 Å². The van der Waals surface area contributed by atoms with Crippen LogP contribution in [0.15, 0.2) is 47.5 Å². The van der Waals surface area contributed by atoms with Crippen molar-refractivity contribution in [2.24, 2.45) is 5.73 Å². The number of carbonyl (C=O) groups is 1. The number of halogens is 1. The zero-order chi connectivity index (χ0) is 22.3. The molecule has 2 aromatic heterocycles. The normalized spacial score (nSPS) is 16.6. The number of nitrogens with zero attached hydrogens (tertiary/aromatic N) is 4. The molecule has 0 spiro atoms. The van der Waals surface area contributed by atoms with Crippen LogP contribution in [-0.4, -0.2) is 63.6 Å². The minimum absolute atomic E-state index is 0.0384. The molecule has 4 rings (SSSR count). The van der Waals surface area contributed by atoms with Crippen molar-refractivity contribution < 1.29 is 9.53 Å². The maximum absolute atomic E-state index is 11.4. The van der Waals surface area contributed by atoms with Crippen LogP contribution in [0.25, 0.3) is 0 Å². The molecule has 0 bridgehead atoms. The second-order valence-electron chi connectivity index (χ2n) is 7.42. The van der Waals surface area contributed by atoms with Crippen LogP contribution in [0.5, 0.6) is 0 Å². The van der Waals surface area contributed by atoms with Crippen LogP contribution >= 0.6 is 15.9 Å². The van der Waals surface area contributed by atoms with E-state index in [9.17, 15) is 4.79 Å². The number of carbonyl (C=O) groups excluding carboxylic acids is 1. The Labute approximate surface area is 194 Å². The topological polar surface area (TPSA) is 134 Å². The van der Waals surface area contributed by atoms with Crippen molar-refractivity contribution in [3.63, 3.8) is 0 Å². The second-order valence-corrected chi connectivity index (χ2v) is 8.28. The Morgan fingerprint density at radius 2 is 2.28 bits per heavy atom. The van der Waals surface area contributed by atoms with Crippen molar-refractivity contribution in [1.82, 2.24) is 24.8 Å². The summed E-state index contributed by atoms with van der Waals surface area (Å²) < 4.78 is 6.42. The molecule has 1 amide bonds. The molecule has 0 saturated carbocycles. The highest BCUT2D eigenvalue weighted by Gasteiger charge is 2.25. The van der Waals surface area contributed by atoms with Crippen LogP contribution in [-0.2, 0) is 16.0 Å². The van der Waals surface area contributed by atoms with Crippen molar-refractivity contribution in [3.05, 3.63) is 58.7 Å². The molecule has 1 fully saturated rings. The molecule has 3 heterocycles. The Hall–Kier alpha value is -3.02.